The van der Waals surface area contributed by atoms with E-state index in [9.17, 15) is 13.2 Å². The first-order valence-corrected chi connectivity index (χ1v) is 5.91. The van der Waals surface area contributed by atoms with Crippen LogP contribution in [0.4, 0.5) is 18.9 Å². The van der Waals surface area contributed by atoms with Gasteiger partial charge in [-0.25, -0.2) is 13.2 Å². The van der Waals surface area contributed by atoms with Gasteiger partial charge < -0.3 is 10.1 Å². The summed E-state index contributed by atoms with van der Waals surface area (Å²) in [4.78, 5) is 0. The number of allylic oxidation sites excluding steroid dienone is 1. The molecule has 0 bridgehead atoms. The Morgan fingerprint density at radius 3 is 2.95 bits per heavy atom. The molecule has 0 amide bonds. The number of halogens is 3. The van der Waals surface area contributed by atoms with Crippen LogP contribution >= 0.6 is 0 Å². The van der Waals surface area contributed by atoms with Crippen LogP contribution in [-0.4, -0.2) is 33.7 Å². The smallest absolute Gasteiger partial charge is 0.272 e. The van der Waals surface area contributed by atoms with E-state index in [1.54, 1.807) is 0 Å². The van der Waals surface area contributed by atoms with Crippen molar-refractivity contribution in [3.05, 3.63) is 36.0 Å². The summed E-state index contributed by atoms with van der Waals surface area (Å²) in [6.07, 6.45) is -1.48. The average Bonchev–Trinajstić information content (AvgIpc) is 3.01. The van der Waals surface area contributed by atoms with E-state index in [0.29, 0.717) is 0 Å². The topological polar surface area (TPSA) is 99.5 Å². The zero-order chi connectivity index (χ0) is 15.9. The molecule has 0 aliphatic rings. The number of anilines is 1. The Hall–Kier alpha value is -3.09. The first-order valence-electron chi connectivity index (χ1n) is 5.91. The van der Waals surface area contributed by atoms with Gasteiger partial charge in [-0.2, -0.15) is 10.5 Å². The van der Waals surface area contributed by atoms with Gasteiger partial charge in [-0.05, 0) is 17.3 Å². The van der Waals surface area contributed by atoms with Crippen LogP contribution in [0.3, 0.4) is 0 Å². The predicted octanol–water partition coefficient (Wildman–Crippen LogP) is 1.96. The van der Waals surface area contributed by atoms with Gasteiger partial charge in [-0.1, -0.05) is 0 Å². The number of hydrogen-bond acceptors (Lipinski definition) is 6. The predicted molar refractivity (Wildman–Crippen MR) is 69.3 cm³/mol. The van der Waals surface area contributed by atoms with Crippen LogP contribution in [0.2, 0.25) is 0 Å². The average molecular weight is 310 g/mol. The van der Waals surface area contributed by atoms with Crippen LogP contribution < -0.4 is 10.1 Å². The second-order valence-corrected chi connectivity index (χ2v) is 3.89. The van der Waals surface area contributed by atoms with E-state index in [1.165, 1.54) is 12.3 Å². The van der Waals surface area contributed by atoms with Crippen LogP contribution in [0.25, 0.3) is 5.57 Å². The molecule has 22 heavy (non-hydrogen) atoms. The maximum atomic E-state index is 13.3. The summed E-state index contributed by atoms with van der Waals surface area (Å²) in [7, 11) is 0. The molecule has 0 atom stereocenters. The van der Waals surface area contributed by atoms with Crippen molar-refractivity contribution in [2.45, 2.75) is 6.43 Å². The lowest BCUT2D eigenvalue weighted by atomic mass is 10.2. The third kappa shape index (κ3) is 3.95. The van der Waals surface area contributed by atoms with E-state index < -0.39 is 18.8 Å². The minimum Gasteiger partial charge on any atom is -0.485 e. The van der Waals surface area contributed by atoms with Gasteiger partial charge in [-0.15, -0.1) is 10.2 Å². The fraction of sp³-hybridized carbons (Fsp3) is 0.167. The third-order valence-electron chi connectivity index (χ3n) is 2.39. The van der Waals surface area contributed by atoms with E-state index in [4.69, 9.17) is 10.00 Å². The Morgan fingerprint density at radius 1 is 1.50 bits per heavy atom. The standard InChI is InChI=1S/C12H9F3N6O/c13-8-1-2-10(22-6-11(14)15)9(3-8)17-5-7(4-16)12-18-20-21-19-12/h1-3,5,11,17H,6H2,(H,18,19,20,21). The number of benzene rings is 1. The van der Waals surface area contributed by atoms with Gasteiger partial charge in [0.25, 0.3) is 6.43 Å². The SMILES string of the molecule is N#CC(=CNc1cc(F)ccc1OCC(F)F)c1nn[nH]n1. The molecule has 0 saturated heterocycles. The Balaban J connectivity index is 2.21. The van der Waals surface area contributed by atoms with E-state index in [0.717, 1.165) is 12.1 Å². The molecule has 2 rings (SSSR count). The lowest BCUT2D eigenvalue weighted by molar-refractivity contribution is 0.0822. The second kappa shape index (κ2) is 7.07. The summed E-state index contributed by atoms with van der Waals surface area (Å²) in [6.45, 7) is -0.833. The van der Waals surface area contributed by atoms with Crippen molar-refractivity contribution in [1.82, 2.24) is 20.6 Å². The molecule has 2 N–H and O–H groups in total. The number of hydrogen-bond donors (Lipinski definition) is 2. The van der Waals surface area contributed by atoms with Crippen LogP contribution in [-0.2, 0) is 0 Å². The molecule has 1 heterocycles. The first kappa shape index (κ1) is 15.3. The number of ether oxygens (including phenoxy) is 1. The number of nitrogens with zero attached hydrogens (tertiary/aromatic N) is 4. The van der Waals surface area contributed by atoms with E-state index in [2.05, 4.69) is 25.9 Å². The molecule has 0 aliphatic heterocycles. The van der Waals surface area contributed by atoms with E-state index >= 15 is 0 Å². The van der Waals surface area contributed by atoms with E-state index in [-0.39, 0.29) is 22.8 Å². The van der Waals surface area contributed by atoms with Gasteiger partial charge in [0.2, 0.25) is 5.82 Å². The molecule has 2 aromatic rings. The van der Waals surface area contributed by atoms with Gasteiger partial charge in [0.05, 0.1) is 5.69 Å². The Kier molecular flexibility index (Phi) is 4.92. The number of tetrazole rings is 1. The summed E-state index contributed by atoms with van der Waals surface area (Å²) in [5.41, 5.74) is 0.0923. The van der Waals surface area contributed by atoms with Crippen LogP contribution in [0.15, 0.2) is 24.4 Å². The zero-order valence-corrected chi connectivity index (χ0v) is 10.9. The van der Waals surface area contributed by atoms with Crippen molar-refractivity contribution in [2.75, 3.05) is 11.9 Å². The lowest BCUT2D eigenvalue weighted by Gasteiger charge is -2.11. The molecular formula is C12H9F3N6O. The minimum absolute atomic E-state index is 0.0119. The number of nitrogens with one attached hydrogen (secondary N) is 2. The highest BCUT2D eigenvalue weighted by atomic mass is 19.3. The summed E-state index contributed by atoms with van der Waals surface area (Å²) >= 11 is 0. The zero-order valence-electron chi connectivity index (χ0n) is 10.9. The lowest BCUT2D eigenvalue weighted by Crippen LogP contribution is -2.08. The third-order valence-corrected chi connectivity index (χ3v) is 2.39. The number of rotatable bonds is 6. The molecule has 0 aliphatic carbocycles. The second-order valence-electron chi connectivity index (χ2n) is 3.89. The van der Waals surface area contributed by atoms with Crippen molar-refractivity contribution in [3.63, 3.8) is 0 Å². The Bertz CT molecular complexity index is 695. The number of nitriles is 1. The van der Waals surface area contributed by atoms with Crippen molar-refractivity contribution < 1.29 is 17.9 Å². The molecule has 0 fully saturated rings. The quantitative estimate of drug-likeness (QED) is 0.791. The molecule has 1 aromatic carbocycles. The molecule has 7 nitrogen and oxygen atoms in total. The fourth-order valence-corrected chi connectivity index (χ4v) is 1.47. The van der Waals surface area contributed by atoms with Crippen LogP contribution in [0.5, 0.6) is 5.75 Å². The number of H-pyrrole nitrogens is 1. The number of aromatic nitrogens is 4. The Labute approximate surface area is 122 Å². The molecule has 1 aromatic heterocycles. The largest absolute Gasteiger partial charge is 0.485 e. The highest BCUT2D eigenvalue weighted by Gasteiger charge is 2.10. The maximum absolute atomic E-state index is 13.3. The van der Waals surface area contributed by atoms with Crippen molar-refractivity contribution in [3.8, 4) is 11.8 Å². The van der Waals surface area contributed by atoms with Crippen LogP contribution in [0.1, 0.15) is 5.82 Å². The fourth-order valence-electron chi connectivity index (χ4n) is 1.47. The van der Waals surface area contributed by atoms with Crippen molar-refractivity contribution in [2.24, 2.45) is 0 Å². The summed E-state index contributed by atoms with van der Waals surface area (Å²) in [5, 5.41) is 24.3. The van der Waals surface area contributed by atoms with Gasteiger partial charge >= 0.3 is 0 Å². The molecule has 0 saturated carbocycles. The summed E-state index contributed by atoms with van der Waals surface area (Å²) < 4.78 is 42.5. The minimum atomic E-state index is -2.66. The molecule has 114 valence electrons. The van der Waals surface area contributed by atoms with Gasteiger partial charge in [0, 0.05) is 12.3 Å². The number of alkyl halides is 2. The van der Waals surface area contributed by atoms with Crippen molar-refractivity contribution >= 4 is 11.3 Å². The molecule has 0 spiro atoms. The number of aromatic amines is 1. The van der Waals surface area contributed by atoms with E-state index in [1.807, 2.05) is 6.07 Å². The molecule has 10 heteroatoms. The maximum Gasteiger partial charge on any atom is 0.272 e. The van der Waals surface area contributed by atoms with Crippen molar-refractivity contribution in [1.29, 1.82) is 5.26 Å². The monoisotopic (exact) mass is 310 g/mol. The summed E-state index contributed by atoms with van der Waals surface area (Å²) in [5.74, 6) is -0.553. The van der Waals surface area contributed by atoms with Gasteiger partial charge in [0.15, 0.2) is 0 Å². The Morgan fingerprint density at radius 2 is 2.32 bits per heavy atom. The molecular weight excluding hydrogens is 301 g/mol. The molecule has 0 unspecified atom stereocenters. The van der Waals surface area contributed by atoms with Gasteiger partial charge in [-0.3, -0.25) is 0 Å². The highest BCUT2D eigenvalue weighted by molar-refractivity contribution is 5.74. The first-order chi connectivity index (χ1) is 10.6. The normalized spacial score (nSPS) is 11.3. The molecule has 0 radical (unpaired) electrons. The summed E-state index contributed by atoms with van der Waals surface area (Å²) in [6, 6.07) is 5.13. The van der Waals surface area contributed by atoms with Crippen LogP contribution in [0, 0.1) is 17.1 Å². The highest BCUT2D eigenvalue weighted by Crippen LogP contribution is 2.26. The van der Waals surface area contributed by atoms with Gasteiger partial charge in [0.1, 0.15) is 29.8 Å².